The van der Waals surface area contributed by atoms with Crippen LogP contribution in [-0.2, 0) is 11.2 Å². The molecule has 1 atom stereocenters. The third-order valence-corrected chi connectivity index (χ3v) is 2.61. The van der Waals surface area contributed by atoms with E-state index in [1.54, 1.807) is 0 Å². The predicted octanol–water partition coefficient (Wildman–Crippen LogP) is 0.805. The molecular formula is C10H17N3O. The second-order valence-electron chi connectivity index (χ2n) is 3.75. The summed E-state index contributed by atoms with van der Waals surface area (Å²) in [5, 5.41) is 0. The van der Waals surface area contributed by atoms with Gasteiger partial charge in [0, 0.05) is 30.8 Å². The van der Waals surface area contributed by atoms with Crippen LogP contribution in [0.3, 0.4) is 0 Å². The number of aromatic nitrogens is 2. The summed E-state index contributed by atoms with van der Waals surface area (Å²) in [5.41, 5.74) is 6.61. The second kappa shape index (κ2) is 4.57. The minimum Gasteiger partial charge on any atom is -0.381 e. The molecule has 0 spiro atoms. The van der Waals surface area contributed by atoms with Crippen molar-refractivity contribution in [2.24, 2.45) is 5.73 Å². The van der Waals surface area contributed by atoms with E-state index in [9.17, 15) is 0 Å². The maximum atomic E-state index is 5.48. The van der Waals surface area contributed by atoms with Gasteiger partial charge in [-0.15, -0.1) is 0 Å². The van der Waals surface area contributed by atoms with Gasteiger partial charge in [0.1, 0.15) is 5.82 Å². The van der Waals surface area contributed by atoms with Crippen molar-refractivity contribution >= 4 is 0 Å². The van der Waals surface area contributed by atoms with Crippen LogP contribution in [0, 0.1) is 0 Å². The SMILES string of the molecule is NCCc1cnc(C2CCCOC2)[nH]1. The number of hydrogen-bond acceptors (Lipinski definition) is 3. The number of nitrogens with two attached hydrogens (primary N) is 1. The van der Waals surface area contributed by atoms with Gasteiger partial charge in [-0.05, 0) is 19.4 Å². The molecule has 1 aliphatic rings. The zero-order chi connectivity index (χ0) is 9.80. The molecule has 4 heteroatoms. The molecule has 2 rings (SSSR count). The lowest BCUT2D eigenvalue weighted by Gasteiger charge is -2.19. The van der Waals surface area contributed by atoms with Crippen LogP contribution in [-0.4, -0.2) is 29.7 Å². The molecule has 14 heavy (non-hydrogen) atoms. The fraction of sp³-hybridized carbons (Fsp3) is 0.700. The highest BCUT2D eigenvalue weighted by atomic mass is 16.5. The first-order chi connectivity index (χ1) is 6.90. The number of hydrogen-bond donors (Lipinski definition) is 2. The Morgan fingerprint density at radius 1 is 1.64 bits per heavy atom. The first kappa shape index (κ1) is 9.68. The Labute approximate surface area is 83.9 Å². The summed E-state index contributed by atoms with van der Waals surface area (Å²) < 4.78 is 5.42. The first-order valence-electron chi connectivity index (χ1n) is 5.21. The van der Waals surface area contributed by atoms with E-state index in [1.165, 1.54) is 6.42 Å². The monoisotopic (exact) mass is 195 g/mol. The van der Waals surface area contributed by atoms with E-state index >= 15 is 0 Å². The molecule has 4 nitrogen and oxygen atoms in total. The predicted molar refractivity (Wildman–Crippen MR) is 54.1 cm³/mol. The Morgan fingerprint density at radius 2 is 2.57 bits per heavy atom. The normalized spacial score (nSPS) is 22.5. The molecule has 1 aliphatic heterocycles. The molecule has 1 aromatic heterocycles. The molecule has 0 aromatic carbocycles. The van der Waals surface area contributed by atoms with Crippen molar-refractivity contribution in [2.45, 2.75) is 25.2 Å². The standard InChI is InChI=1S/C10H17N3O/c11-4-3-9-6-12-10(13-9)8-2-1-5-14-7-8/h6,8H,1-5,7,11H2,(H,12,13). The molecule has 78 valence electrons. The van der Waals surface area contributed by atoms with Crippen molar-refractivity contribution in [3.8, 4) is 0 Å². The fourth-order valence-electron chi connectivity index (χ4n) is 1.82. The van der Waals surface area contributed by atoms with E-state index < -0.39 is 0 Å². The summed E-state index contributed by atoms with van der Waals surface area (Å²) in [7, 11) is 0. The molecule has 0 saturated carbocycles. The lowest BCUT2D eigenvalue weighted by molar-refractivity contribution is 0.0782. The molecule has 1 fully saturated rings. The van der Waals surface area contributed by atoms with Crippen LogP contribution < -0.4 is 5.73 Å². The van der Waals surface area contributed by atoms with E-state index in [4.69, 9.17) is 10.5 Å². The van der Waals surface area contributed by atoms with Gasteiger partial charge in [-0.25, -0.2) is 4.98 Å². The van der Waals surface area contributed by atoms with Gasteiger partial charge in [0.2, 0.25) is 0 Å². The van der Waals surface area contributed by atoms with E-state index in [-0.39, 0.29) is 0 Å². The van der Waals surface area contributed by atoms with Gasteiger partial charge in [-0.3, -0.25) is 0 Å². The van der Waals surface area contributed by atoms with Crippen molar-refractivity contribution in [3.63, 3.8) is 0 Å². The Balaban J connectivity index is 2.00. The van der Waals surface area contributed by atoms with Gasteiger partial charge in [-0.1, -0.05) is 0 Å². The Bertz CT molecular complexity index is 279. The maximum Gasteiger partial charge on any atom is 0.111 e. The highest BCUT2D eigenvalue weighted by Gasteiger charge is 2.18. The Hall–Kier alpha value is -0.870. The summed E-state index contributed by atoms with van der Waals surface area (Å²) in [6, 6.07) is 0. The zero-order valence-corrected chi connectivity index (χ0v) is 8.33. The first-order valence-corrected chi connectivity index (χ1v) is 5.21. The van der Waals surface area contributed by atoms with Gasteiger partial charge in [0.15, 0.2) is 0 Å². The van der Waals surface area contributed by atoms with Crippen molar-refractivity contribution in [2.75, 3.05) is 19.8 Å². The van der Waals surface area contributed by atoms with E-state index in [0.29, 0.717) is 12.5 Å². The summed E-state index contributed by atoms with van der Waals surface area (Å²) in [4.78, 5) is 7.68. The largest absolute Gasteiger partial charge is 0.381 e. The molecule has 3 N–H and O–H groups in total. The van der Waals surface area contributed by atoms with Crippen LogP contribution in [0.15, 0.2) is 6.20 Å². The fourth-order valence-corrected chi connectivity index (χ4v) is 1.82. The summed E-state index contributed by atoms with van der Waals surface area (Å²) in [5.74, 6) is 1.52. The van der Waals surface area contributed by atoms with Crippen molar-refractivity contribution in [1.29, 1.82) is 0 Å². The third-order valence-electron chi connectivity index (χ3n) is 2.61. The van der Waals surface area contributed by atoms with Crippen LogP contribution in [0.2, 0.25) is 0 Å². The van der Waals surface area contributed by atoms with Crippen molar-refractivity contribution in [1.82, 2.24) is 9.97 Å². The lowest BCUT2D eigenvalue weighted by Crippen LogP contribution is -2.16. The number of rotatable bonds is 3. The molecule has 1 unspecified atom stereocenters. The number of ether oxygens (including phenoxy) is 1. The van der Waals surface area contributed by atoms with E-state index in [1.807, 2.05) is 6.20 Å². The quantitative estimate of drug-likeness (QED) is 0.750. The van der Waals surface area contributed by atoms with Gasteiger partial charge < -0.3 is 15.5 Å². The molecule has 0 amide bonds. The maximum absolute atomic E-state index is 5.48. The Morgan fingerprint density at radius 3 is 3.29 bits per heavy atom. The number of aromatic amines is 1. The summed E-state index contributed by atoms with van der Waals surface area (Å²) >= 11 is 0. The minimum atomic E-state index is 0.454. The van der Waals surface area contributed by atoms with Crippen LogP contribution in [0.5, 0.6) is 0 Å². The lowest BCUT2D eigenvalue weighted by atomic mass is 10.0. The highest BCUT2D eigenvalue weighted by Crippen LogP contribution is 2.22. The van der Waals surface area contributed by atoms with Gasteiger partial charge in [0.25, 0.3) is 0 Å². The number of imidazole rings is 1. The zero-order valence-electron chi connectivity index (χ0n) is 8.33. The van der Waals surface area contributed by atoms with Gasteiger partial charge in [-0.2, -0.15) is 0 Å². The number of nitrogens with one attached hydrogen (secondary N) is 1. The van der Waals surface area contributed by atoms with Crippen LogP contribution in [0.25, 0.3) is 0 Å². The molecule has 1 aromatic rings. The summed E-state index contributed by atoms with van der Waals surface area (Å²) in [6.45, 7) is 2.37. The van der Waals surface area contributed by atoms with Crippen molar-refractivity contribution < 1.29 is 4.74 Å². The average Bonchev–Trinajstić information content (AvgIpc) is 2.68. The van der Waals surface area contributed by atoms with E-state index in [2.05, 4.69) is 9.97 Å². The van der Waals surface area contributed by atoms with Crippen LogP contribution >= 0.6 is 0 Å². The van der Waals surface area contributed by atoms with Crippen LogP contribution in [0.1, 0.15) is 30.3 Å². The van der Waals surface area contributed by atoms with Crippen LogP contribution in [0.4, 0.5) is 0 Å². The molecule has 1 saturated heterocycles. The minimum absolute atomic E-state index is 0.454. The third kappa shape index (κ3) is 2.13. The van der Waals surface area contributed by atoms with Gasteiger partial charge >= 0.3 is 0 Å². The number of nitrogens with zero attached hydrogens (tertiary/aromatic N) is 1. The molecular weight excluding hydrogens is 178 g/mol. The topological polar surface area (TPSA) is 63.9 Å². The smallest absolute Gasteiger partial charge is 0.111 e. The Kier molecular flexibility index (Phi) is 3.16. The molecule has 0 radical (unpaired) electrons. The molecule has 2 heterocycles. The molecule has 0 aliphatic carbocycles. The van der Waals surface area contributed by atoms with Gasteiger partial charge in [0.05, 0.1) is 6.61 Å². The number of H-pyrrole nitrogens is 1. The highest BCUT2D eigenvalue weighted by molar-refractivity contribution is 5.06. The van der Waals surface area contributed by atoms with E-state index in [0.717, 1.165) is 37.6 Å². The second-order valence-corrected chi connectivity index (χ2v) is 3.75. The van der Waals surface area contributed by atoms with Crippen molar-refractivity contribution in [3.05, 3.63) is 17.7 Å². The molecule has 0 bridgehead atoms. The summed E-state index contributed by atoms with van der Waals surface area (Å²) in [6.07, 6.45) is 5.07. The average molecular weight is 195 g/mol.